The molecule has 0 saturated heterocycles. The molecule has 0 spiro atoms. The fourth-order valence-corrected chi connectivity index (χ4v) is 1.29. The molecule has 0 bridgehead atoms. The molecule has 1 aromatic carbocycles. The van der Waals surface area contributed by atoms with E-state index in [1.807, 2.05) is 30.3 Å². The largest absolute Gasteiger partial charge is 0.462 e. The Balaban J connectivity index is 2.27. The highest BCUT2D eigenvalue weighted by molar-refractivity contribution is 6.11. The molecule has 17 heavy (non-hydrogen) atoms. The van der Waals surface area contributed by atoms with Crippen LogP contribution in [0.2, 0.25) is 0 Å². The zero-order chi connectivity index (χ0) is 11.9. The number of rotatable bonds is 2. The van der Waals surface area contributed by atoms with Crippen LogP contribution in [-0.4, -0.2) is 12.8 Å². The summed E-state index contributed by atoms with van der Waals surface area (Å²) < 4.78 is 5.22. The molecule has 0 amide bonds. The molecule has 0 fully saturated rings. The average Bonchev–Trinajstić information content (AvgIpc) is 2.89. The van der Waals surface area contributed by atoms with Gasteiger partial charge in [0.05, 0.1) is 6.26 Å². The second-order valence-corrected chi connectivity index (χ2v) is 3.22. The number of nitrogens with zero attached hydrogens (tertiary/aromatic N) is 1. The predicted octanol–water partition coefficient (Wildman–Crippen LogP) is 2.68. The summed E-state index contributed by atoms with van der Waals surface area (Å²) in [6.07, 6.45) is 1.57. The highest BCUT2D eigenvalue weighted by Crippen LogP contribution is 2.03. The lowest BCUT2D eigenvalue weighted by Crippen LogP contribution is -1.96. The van der Waals surface area contributed by atoms with Crippen molar-refractivity contribution >= 4 is 5.71 Å². The molecule has 0 aliphatic heterocycles. The number of hydrogen-bond acceptors (Lipinski definition) is 3. The van der Waals surface area contributed by atoms with Gasteiger partial charge in [0, 0.05) is 5.56 Å². The molecule has 1 aromatic heterocycles. The highest BCUT2D eigenvalue weighted by Gasteiger charge is 2.03. The quantitative estimate of drug-likeness (QED) is 0.447. The number of hydrogen-bond donors (Lipinski definition) is 0. The van der Waals surface area contributed by atoms with Crippen LogP contribution in [0.25, 0.3) is 0 Å². The second-order valence-electron chi connectivity index (χ2n) is 3.22. The zero-order valence-corrected chi connectivity index (χ0v) is 9.38. The zero-order valence-electron chi connectivity index (χ0n) is 9.38. The van der Waals surface area contributed by atoms with E-state index in [9.17, 15) is 0 Å². The third-order valence-corrected chi connectivity index (χ3v) is 2.04. The molecular formula is C14H11NO2. The Hall–Kier alpha value is -2.47. The fraction of sp³-hybridized carbons (Fsp3) is 0.0714. The fourth-order valence-electron chi connectivity index (χ4n) is 1.29. The summed E-state index contributed by atoms with van der Waals surface area (Å²) in [6, 6.07) is 13.2. The van der Waals surface area contributed by atoms with Gasteiger partial charge in [0.15, 0.2) is 11.5 Å². The first-order chi connectivity index (χ1) is 8.40. The van der Waals surface area contributed by atoms with Crippen molar-refractivity contribution in [3.8, 4) is 11.8 Å². The maximum absolute atomic E-state index is 5.22. The van der Waals surface area contributed by atoms with Crippen molar-refractivity contribution in [2.24, 2.45) is 5.16 Å². The standard InChI is InChI=1S/C14H11NO2/c1-16-15-13(14-8-5-11-17-14)10-9-12-6-3-2-4-7-12/h2-8,11H,1H3. The van der Waals surface area contributed by atoms with Gasteiger partial charge in [0.25, 0.3) is 0 Å². The van der Waals surface area contributed by atoms with Crippen molar-refractivity contribution < 1.29 is 9.25 Å². The van der Waals surface area contributed by atoms with Crippen LogP contribution in [0.5, 0.6) is 0 Å². The Kier molecular flexibility index (Phi) is 3.61. The lowest BCUT2D eigenvalue weighted by atomic mass is 10.2. The summed E-state index contributed by atoms with van der Waals surface area (Å²) >= 11 is 0. The summed E-state index contributed by atoms with van der Waals surface area (Å²) in [4.78, 5) is 4.74. The van der Waals surface area contributed by atoms with Crippen LogP contribution in [0, 0.1) is 11.8 Å². The van der Waals surface area contributed by atoms with E-state index in [0.29, 0.717) is 11.5 Å². The first kappa shape index (κ1) is 11.0. The van der Waals surface area contributed by atoms with Gasteiger partial charge in [-0.1, -0.05) is 29.3 Å². The maximum atomic E-state index is 5.22. The lowest BCUT2D eigenvalue weighted by Gasteiger charge is -1.92. The van der Waals surface area contributed by atoms with Crippen molar-refractivity contribution in [2.75, 3.05) is 7.11 Å². The molecule has 2 aromatic rings. The smallest absolute Gasteiger partial charge is 0.195 e. The van der Waals surface area contributed by atoms with E-state index in [2.05, 4.69) is 17.0 Å². The van der Waals surface area contributed by atoms with E-state index in [0.717, 1.165) is 5.56 Å². The monoisotopic (exact) mass is 225 g/mol. The number of furan rings is 1. The van der Waals surface area contributed by atoms with Crippen LogP contribution in [-0.2, 0) is 4.84 Å². The van der Waals surface area contributed by atoms with E-state index in [-0.39, 0.29) is 0 Å². The van der Waals surface area contributed by atoms with E-state index >= 15 is 0 Å². The lowest BCUT2D eigenvalue weighted by molar-refractivity contribution is 0.213. The molecule has 3 nitrogen and oxygen atoms in total. The SMILES string of the molecule is CON=C(C#Cc1ccccc1)c1ccco1. The first-order valence-corrected chi connectivity index (χ1v) is 5.12. The Bertz CT molecular complexity index is 545. The molecular weight excluding hydrogens is 214 g/mol. The van der Waals surface area contributed by atoms with Crippen LogP contribution in [0.1, 0.15) is 11.3 Å². The maximum Gasteiger partial charge on any atom is 0.195 e. The molecule has 2 rings (SSSR count). The first-order valence-electron chi connectivity index (χ1n) is 5.12. The third kappa shape index (κ3) is 2.99. The van der Waals surface area contributed by atoms with Crippen LogP contribution in [0.3, 0.4) is 0 Å². The van der Waals surface area contributed by atoms with E-state index in [1.165, 1.54) is 7.11 Å². The molecule has 3 heteroatoms. The molecule has 0 radical (unpaired) electrons. The van der Waals surface area contributed by atoms with E-state index in [1.54, 1.807) is 18.4 Å². The van der Waals surface area contributed by atoms with Crippen molar-refractivity contribution in [3.05, 3.63) is 60.1 Å². The van der Waals surface area contributed by atoms with Crippen LogP contribution in [0.4, 0.5) is 0 Å². The predicted molar refractivity (Wildman–Crippen MR) is 65.6 cm³/mol. The Labute approximate surface area is 99.7 Å². The third-order valence-electron chi connectivity index (χ3n) is 2.04. The number of oxime groups is 1. The van der Waals surface area contributed by atoms with Gasteiger partial charge in [-0.3, -0.25) is 0 Å². The van der Waals surface area contributed by atoms with Crippen LogP contribution in [0.15, 0.2) is 58.3 Å². The van der Waals surface area contributed by atoms with Gasteiger partial charge < -0.3 is 9.25 Å². The van der Waals surface area contributed by atoms with Gasteiger partial charge in [0.2, 0.25) is 0 Å². The topological polar surface area (TPSA) is 34.7 Å². The van der Waals surface area contributed by atoms with E-state index in [4.69, 9.17) is 9.25 Å². The minimum absolute atomic E-state index is 0.473. The van der Waals surface area contributed by atoms with Crippen molar-refractivity contribution in [3.63, 3.8) is 0 Å². The minimum atomic E-state index is 0.473. The average molecular weight is 225 g/mol. The molecule has 1 heterocycles. The van der Waals surface area contributed by atoms with Gasteiger partial charge in [-0.2, -0.15) is 0 Å². The molecule has 0 unspecified atom stereocenters. The Morgan fingerprint density at radius 3 is 2.65 bits per heavy atom. The minimum Gasteiger partial charge on any atom is -0.462 e. The van der Waals surface area contributed by atoms with Gasteiger partial charge in [0.1, 0.15) is 7.11 Å². The normalized spacial score (nSPS) is 10.5. The summed E-state index contributed by atoms with van der Waals surface area (Å²) in [5.74, 6) is 6.51. The molecule has 0 saturated carbocycles. The molecule has 0 aliphatic rings. The summed E-state index contributed by atoms with van der Waals surface area (Å²) in [5, 5.41) is 3.83. The number of benzene rings is 1. The molecule has 84 valence electrons. The van der Waals surface area contributed by atoms with Crippen molar-refractivity contribution in [1.29, 1.82) is 0 Å². The summed E-state index contributed by atoms with van der Waals surface area (Å²) in [6.45, 7) is 0. The summed E-state index contributed by atoms with van der Waals surface area (Å²) in [5.41, 5.74) is 1.39. The Morgan fingerprint density at radius 1 is 1.18 bits per heavy atom. The van der Waals surface area contributed by atoms with E-state index < -0.39 is 0 Å². The van der Waals surface area contributed by atoms with Gasteiger partial charge in [-0.25, -0.2) is 0 Å². The second kappa shape index (κ2) is 5.57. The molecule has 0 N–H and O–H groups in total. The summed E-state index contributed by atoms with van der Waals surface area (Å²) in [7, 11) is 1.48. The van der Waals surface area contributed by atoms with Gasteiger partial charge in [-0.05, 0) is 30.2 Å². The van der Waals surface area contributed by atoms with Crippen molar-refractivity contribution in [2.45, 2.75) is 0 Å². The van der Waals surface area contributed by atoms with Crippen molar-refractivity contribution in [1.82, 2.24) is 0 Å². The highest BCUT2D eigenvalue weighted by atomic mass is 16.6. The van der Waals surface area contributed by atoms with Crippen LogP contribution < -0.4 is 0 Å². The van der Waals surface area contributed by atoms with Gasteiger partial charge >= 0.3 is 0 Å². The van der Waals surface area contributed by atoms with Gasteiger partial charge in [-0.15, -0.1) is 0 Å². The molecule has 0 atom stereocenters. The van der Waals surface area contributed by atoms with Crippen LogP contribution >= 0.6 is 0 Å². The molecule has 0 aliphatic carbocycles. The Morgan fingerprint density at radius 2 is 2.00 bits per heavy atom.